The Morgan fingerprint density at radius 1 is 0.577 bits per heavy atom. The molecular formula is C25H19N. The van der Waals surface area contributed by atoms with Crippen molar-refractivity contribution in [2.75, 3.05) is 5.73 Å². The molecule has 124 valence electrons. The molecule has 0 fully saturated rings. The van der Waals surface area contributed by atoms with E-state index in [9.17, 15) is 0 Å². The van der Waals surface area contributed by atoms with Crippen LogP contribution in [0.15, 0.2) is 91.0 Å². The lowest BCUT2D eigenvalue weighted by Gasteiger charge is -2.16. The van der Waals surface area contributed by atoms with Crippen LogP contribution in [0.4, 0.5) is 5.69 Å². The highest BCUT2D eigenvalue weighted by Gasteiger charge is 2.23. The van der Waals surface area contributed by atoms with Crippen LogP contribution in [-0.4, -0.2) is 0 Å². The third kappa shape index (κ3) is 2.33. The van der Waals surface area contributed by atoms with Gasteiger partial charge in [0, 0.05) is 5.69 Å². The largest absolute Gasteiger partial charge is 0.399 e. The minimum Gasteiger partial charge on any atom is -0.399 e. The number of nitrogen functional groups attached to an aromatic ring is 1. The molecular weight excluding hydrogens is 314 g/mol. The van der Waals surface area contributed by atoms with Crippen molar-refractivity contribution in [3.05, 3.63) is 102 Å². The molecule has 0 bridgehead atoms. The van der Waals surface area contributed by atoms with Crippen molar-refractivity contribution in [3.8, 4) is 33.4 Å². The van der Waals surface area contributed by atoms with E-state index in [2.05, 4.69) is 78.9 Å². The first kappa shape index (κ1) is 15.0. The summed E-state index contributed by atoms with van der Waals surface area (Å²) in [6.45, 7) is 0. The molecule has 1 aliphatic rings. The molecule has 1 heteroatoms. The summed E-state index contributed by atoms with van der Waals surface area (Å²) >= 11 is 0. The lowest BCUT2D eigenvalue weighted by molar-refractivity contribution is 1.26. The van der Waals surface area contributed by atoms with Gasteiger partial charge in [0.2, 0.25) is 0 Å². The van der Waals surface area contributed by atoms with Crippen molar-refractivity contribution in [2.45, 2.75) is 6.42 Å². The van der Waals surface area contributed by atoms with Gasteiger partial charge >= 0.3 is 0 Å². The highest BCUT2D eigenvalue weighted by atomic mass is 14.5. The predicted molar refractivity (Wildman–Crippen MR) is 110 cm³/mol. The third-order valence-electron chi connectivity index (χ3n) is 5.25. The first-order chi connectivity index (χ1) is 12.8. The summed E-state index contributed by atoms with van der Waals surface area (Å²) in [5.41, 5.74) is 17.4. The van der Waals surface area contributed by atoms with E-state index < -0.39 is 0 Å². The zero-order valence-corrected chi connectivity index (χ0v) is 14.4. The Bertz CT molecular complexity index is 1110. The van der Waals surface area contributed by atoms with E-state index in [4.69, 9.17) is 5.73 Å². The molecule has 1 nitrogen and oxygen atoms in total. The van der Waals surface area contributed by atoms with Gasteiger partial charge in [-0.1, -0.05) is 78.9 Å². The van der Waals surface area contributed by atoms with E-state index in [-0.39, 0.29) is 0 Å². The van der Waals surface area contributed by atoms with Crippen LogP contribution in [0.1, 0.15) is 11.1 Å². The van der Waals surface area contributed by atoms with Crippen molar-refractivity contribution in [1.29, 1.82) is 0 Å². The third-order valence-corrected chi connectivity index (χ3v) is 5.25. The van der Waals surface area contributed by atoms with Crippen molar-refractivity contribution in [2.24, 2.45) is 0 Å². The molecule has 0 atom stereocenters. The van der Waals surface area contributed by atoms with Crippen molar-refractivity contribution < 1.29 is 0 Å². The molecule has 4 aromatic carbocycles. The van der Waals surface area contributed by atoms with Crippen LogP contribution in [0.25, 0.3) is 33.4 Å². The maximum absolute atomic E-state index is 6.07. The first-order valence-electron chi connectivity index (χ1n) is 8.97. The number of anilines is 1. The molecule has 1 aliphatic carbocycles. The standard InChI is InChI=1S/C25H19N/c26-20-11-6-10-18(15-20)22-13-14-23-21-12-5-4-9-19(21)16-24(23)25(22)17-7-2-1-3-8-17/h1-15H,16,26H2. The SMILES string of the molecule is Nc1cccc(-c2ccc3c(c2-c2ccccc2)Cc2ccccc2-3)c1. The molecule has 5 rings (SSSR count). The number of rotatable bonds is 2. The molecule has 0 radical (unpaired) electrons. The fraction of sp³-hybridized carbons (Fsp3) is 0.0400. The number of hydrogen-bond acceptors (Lipinski definition) is 1. The summed E-state index contributed by atoms with van der Waals surface area (Å²) in [5.74, 6) is 0. The van der Waals surface area contributed by atoms with Gasteiger partial charge in [-0.25, -0.2) is 0 Å². The minimum atomic E-state index is 0.797. The molecule has 0 aliphatic heterocycles. The van der Waals surface area contributed by atoms with Crippen LogP contribution in [0.3, 0.4) is 0 Å². The lowest BCUT2D eigenvalue weighted by atomic mass is 9.88. The van der Waals surface area contributed by atoms with Crippen LogP contribution >= 0.6 is 0 Å². The minimum absolute atomic E-state index is 0.797. The van der Waals surface area contributed by atoms with Gasteiger partial charge in [-0.15, -0.1) is 0 Å². The molecule has 0 heterocycles. The first-order valence-corrected chi connectivity index (χ1v) is 8.97. The Morgan fingerprint density at radius 2 is 1.31 bits per heavy atom. The Labute approximate surface area is 153 Å². The molecule has 0 aromatic heterocycles. The van der Waals surface area contributed by atoms with Gasteiger partial charge < -0.3 is 5.73 Å². The number of hydrogen-bond donors (Lipinski definition) is 1. The molecule has 4 aromatic rings. The quantitative estimate of drug-likeness (QED) is 0.384. The van der Waals surface area contributed by atoms with Gasteiger partial charge in [0.15, 0.2) is 0 Å². The zero-order chi connectivity index (χ0) is 17.5. The van der Waals surface area contributed by atoms with E-state index in [1.165, 1.54) is 44.5 Å². The summed E-state index contributed by atoms with van der Waals surface area (Å²) in [6, 6.07) is 32.1. The maximum Gasteiger partial charge on any atom is 0.0320 e. The van der Waals surface area contributed by atoms with Crippen LogP contribution < -0.4 is 5.73 Å². The van der Waals surface area contributed by atoms with Crippen molar-refractivity contribution >= 4 is 5.69 Å². The molecule has 0 amide bonds. The summed E-state index contributed by atoms with van der Waals surface area (Å²) in [5, 5.41) is 0. The summed E-state index contributed by atoms with van der Waals surface area (Å²) in [4.78, 5) is 0. The predicted octanol–water partition coefficient (Wildman–Crippen LogP) is 6.17. The zero-order valence-electron chi connectivity index (χ0n) is 14.4. The monoisotopic (exact) mass is 333 g/mol. The topological polar surface area (TPSA) is 26.0 Å². The number of nitrogens with two attached hydrogens (primary N) is 1. The molecule has 0 saturated heterocycles. The van der Waals surface area contributed by atoms with E-state index in [0.717, 1.165) is 12.1 Å². The van der Waals surface area contributed by atoms with Gasteiger partial charge in [0.25, 0.3) is 0 Å². The normalized spacial score (nSPS) is 11.8. The Balaban J connectivity index is 1.81. The van der Waals surface area contributed by atoms with Crippen molar-refractivity contribution in [3.63, 3.8) is 0 Å². The summed E-state index contributed by atoms with van der Waals surface area (Å²) in [6.07, 6.45) is 0.978. The van der Waals surface area contributed by atoms with Crippen molar-refractivity contribution in [1.82, 2.24) is 0 Å². The second-order valence-corrected chi connectivity index (χ2v) is 6.84. The molecule has 26 heavy (non-hydrogen) atoms. The molecule has 0 unspecified atom stereocenters. The summed E-state index contributed by atoms with van der Waals surface area (Å²) < 4.78 is 0. The maximum atomic E-state index is 6.07. The molecule has 2 N–H and O–H groups in total. The van der Waals surface area contributed by atoms with E-state index in [0.29, 0.717) is 0 Å². The lowest BCUT2D eigenvalue weighted by Crippen LogP contribution is -1.93. The molecule has 0 saturated carbocycles. The van der Waals surface area contributed by atoms with Crippen LogP contribution in [0.2, 0.25) is 0 Å². The highest BCUT2D eigenvalue weighted by molar-refractivity contribution is 5.93. The van der Waals surface area contributed by atoms with Crippen LogP contribution in [-0.2, 0) is 6.42 Å². The molecule has 0 spiro atoms. The van der Waals surface area contributed by atoms with Gasteiger partial charge in [-0.05, 0) is 63.1 Å². The fourth-order valence-corrected chi connectivity index (χ4v) is 4.09. The average molecular weight is 333 g/mol. The number of fused-ring (bicyclic) bond motifs is 3. The Hall–Kier alpha value is -3.32. The van der Waals surface area contributed by atoms with Gasteiger partial charge in [-0.3, -0.25) is 0 Å². The average Bonchev–Trinajstić information content (AvgIpc) is 3.06. The van der Waals surface area contributed by atoms with Gasteiger partial charge in [0.1, 0.15) is 0 Å². The second kappa shape index (κ2) is 5.89. The summed E-state index contributed by atoms with van der Waals surface area (Å²) in [7, 11) is 0. The van der Waals surface area contributed by atoms with Crippen LogP contribution in [0.5, 0.6) is 0 Å². The van der Waals surface area contributed by atoms with Crippen LogP contribution in [0, 0.1) is 0 Å². The smallest absolute Gasteiger partial charge is 0.0320 e. The fourth-order valence-electron chi connectivity index (χ4n) is 4.09. The van der Waals surface area contributed by atoms with Gasteiger partial charge in [0.05, 0.1) is 0 Å². The van der Waals surface area contributed by atoms with E-state index >= 15 is 0 Å². The van der Waals surface area contributed by atoms with E-state index in [1.54, 1.807) is 0 Å². The Morgan fingerprint density at radius 3 is 2.15 bits per heavy atom. The highest BCUT2D eigenvalue weighted by Crippen LogP contribution is 2.45. The second-order valence-electron chi connectivity index (χ2n) is 6.84. The Kier molecular flexibility index (Phi) is 3.39. The van der Waals surface area contributed by atoms with Gasteiger partial charge in [-0.2, -0.15) is 0 Å². The van der Waals surface area contributed by atoms with E-state index in [1.807, 2.05) is 12.1 Å². The number of benzene rings is 4.